The third-order valence-electron chi connectivity index (χ3n) is 15.8. The molecule has 75 heavy (non-hydrogen) atoms. The number of carbonyl (C=O) groups excluding carboxylic acids is 3. The van der Waals surface area contributed by atoms with Crippen LogP contribution in [0.3, 0.4) is 0 Å². The van der Waals surface area contributed by atoms with Crippen LogP contribution in [0.5, 0.6) is 0 Å². The highest BCUT2D eigenvalue weighted by Gasteiger charge is 2.19. The maximum atomic E-state index is 12.9. The van der Waals surface area contributed by atoms with Gasteiger partial charge in [-0.1, -0.05) is 341 Å². The first-order valence-corrected chi connectivity index (χ1v) is 34.2. The SMILES string of the molecule is CCCCCCCCC/C=C\CCCCCCCCCC(=O)OC(COC(=O)CCCCCCCCCCCCCCCCCC)COC(=O)CCCCCCCCCCCCCCCCCCCCCCCCC. The summed E-state index contributed by atoms with van der Waals surface area (Å²) in [5.41, 5.74) is 0. The fraction of sp³-hybridized carbons (Fsp3) is 0.928. The molecule has 0 rings (SSSR count). The molecule has 0 aliphatic rings. The molecule has 6 nitrogen and oxygen atoms in total. The van der Waals surface area contributed by atoms with E-state index >= 15 is 0 Å². The lowest BCUT2D eigenvalue weighted by Crippen LogP contribution is -2.30. The Hall–Kier alpha value is -1.85. The number of carbonyl (C=O) groups is 3. The Bertz CT molecular complexity index is 1170. The molecule has 1 unspecified atom stereocenters. The lowest BCUT2D eigenvalue weighted by atomic mass is 10.0. The molecule has 0 aromatic heterocycles. The Morgan fingerprint density at radius 3 is 0.667 bits per heavy atom. The van der Waals surface area contributed by atoms with Crippen molar-refractivity contribution in [3.63, 3.8) is 0 Å². The van der Waals surface area contributed by atoms with Crippen LogP contribution in [-0.2, 0) is 28.6 Å². The van der Waals surface area contributed by atoms with E-state index in [1.165, 1.54) is 295 Å². The van der Waals surface area contributed by atoms with E-state index in [2.05, 4.69) is 32.9 Å². The Balaban J connectivity index is 4.26. The summed E-state index contributed by atoms with van der Waals surface area (Å²) in [4.78, 5) is 38.4. The van der Waals surface area contributed by atoms with Gasteiger partial charge in [0.15, 0.2) is 6.10 Å². The second kappa shape index (κ2) is 64.7. The predicted molar refractivity (Wildman–Crippen MR) is 326 cm³/mol. The molecule has 0 saturated carbocycles. The van der Waals surface area contributed by atoms with Crippen molar-refractivity contribution in [1.29, 1.82) is 0 Å². The van der Waals surface area contributed by atoms with Crippen LogP contribution >= 0.6 is 0 Å². The molecule has 0 radical (unpaired) electrons. The number of rotatable bonds is 64. The van der Waals surface area contributed by atoms with Crippen LogP contribution in [0.25, 0.3) is 0 Å². The Labute approximate surface area is 469 Å². The van der Waals surface area contributed by atoms with Gasteiger partial charge in [-0.2, -0.15) is 0 Å². The van der Waals surface area contributed by atoms with Crippen molar-refractivity contribution in [3.05, 3.63) is 12.2 Å². The van der Waals surface area contributed by atoms with Crippen LogP contribution in [-0.4, -0.2) is 37.2 Å². The molecule has 0 saturated heterocycles. The van der Waals surface area contributed by atoms with Gasteiger partial charge in [0.05, 0.1) is 0 Å². The average molecular weight is 1060 g/mol. The molecular formula is C69H132O6. The summed E-state index contributed by atoms with van der Waals surface area (Å²) in [6.45, 7) is 6.72. The summed E-state index contributed by atoms with van der Waals surface area (Å²) in [7, 11) is 0. The molecule has 0 aromatic carbocycles. The molecule has 0 aliphatic carbocycles. The highest BCUT2D eigenvalue weighted by Crippen LogP contribution is 2.19. The van der Waals surface area contributed by atoms with E-state index in [-0.39, 0.29) is 31.1 Å². The number of hydrogen-bond acceptors (Lipinski definition) is 6. The van der Waals surface area contributed by atoms with Gasteiger partial charge in [0.1, 0.15) is 13.2 Å². The van der Waals surface area contributed by atoms with E-state index in [0.717, 1.165) is 57.8 Å². The maximum Gasteiger partial charge on any atom is 0.306 e. The summed E-state index contributed by atoms with van der Waals surface area (Å²) in [6.07, 6.45) is 76.6. The predicted octanol–water partition coefficient (Wildman–Crippen LogP) is 23.2. The third-order valence-corrected chi connectivity index (χ3v) is 15.8. The van der Waals surface area contributed by atoms with Gasteiger partial charge in [-0.3, -0.25) is 14.4 Å². The van der Waals surface area contributed by atoms with Crippen LogP contribution in [0.2, 0.25) is 0 Å². The van der Waals surface area contributed by atoms with Gasteiger partial charge < -0.3 is 14.2 Å². The number of ether oxygens (including phenoxy) is 3. The minimum absolute atomic E-state index is 0.0649. The van der Waals surface area contributed by atoms with E-state index in [1.807, 2.05) is 0 Å². The highest BCUT2D eigenvalue weighted by atomic mass is 16.6. The van der Waals surface area contributed by atoms with E-state index in [9.17, 15) is 14.4 Å². The lowest BCUT2D eigenvalue weighted by molar-refractivity contribution is -0.167. The molecule has 444 valence electrons. The zero-order valence-electron chi connectivity index (χ0n) is 51.1. The first-order chi connectivity index (χ1) is 37.0. The van der Waals surface area contributed by atoms with E-state index in [1.54, 1.807) is 0 Å². The molecule has 1 atom stereocenters. The third kappa shape index (κ3) is 62.9. The number of hydrogen-bond donors (Lipinski definition) is 0. The second-order valence-electron chi connectivity index (χ2n) is 23.5. The van der Waals surface area contributed by atoms with Crippen LogP contribution in [0.1, 0.15) is 393 Å². The number of esters is 3. The Kier molecular flexibility index (Phi) is 63.1. The van der Waals surface area contributed by atoms with Gasteiger partial charge in [0.2, 0.25) is 0 Å². The van der Waals surface area contributed by atoms with E-state index in [4.69, 9.17) is 14.2 Å². The maximum absolute atomic E-state index is 12.9. The van der Waals surface area contributed by atoms with E-state index in [0.29, 0.717) is 19.3 Å². The molecule has 0 fully saturated rings. The van der Waals surface area contributed by atoms with Gasteiger partial charge >= 0.3 is 17.9 Å². The summed E-state index contributed by atoms with van der Waals surface area (Å²) < 4.78 is 17.0. The van der Waals surface area contributed by atoms with Gasteiger partial charge in [-0.15, -0.1) is 0 Å². The van der Waals surface area contributed by atoms with Crippen molar-refractivity contribution in [3.8, 4) is 0 Å². The van der Waals surface area contributed by atoms with E-state index < -0.39 is 6.10 Å². The van der Waals surface area contributed by atoms with Gasteiger partial charge in [-0.25, -0.2) is 0 Å². The number of allylic oxidation sites excluding steroid dienone is 2. The minimum Gasteiger partial charge on any atom is -0.462 e. The minimum atomic E-state index is -0.768. The largest absolute Gasteiger partial charge is 0.462 e. The van der Waals surface area contributed by atoms with Crippen LogP contribution < -0.4 is 0 Å². The van der Waals surface area contributed by atoms with Crippen molar-refractivity contribution in [2.24, 2.45) is 0 Å². The Morgan fingerprint density at radius 2 is 0.440 bits per heavy atom. The molecule has 0 amide bonds. The molecular weight excluding hydrogens is 925 g/mol. The fourth-order valence-electron chi connectivity index (χ4n) is 10.6. The molecule has 0 aromatic rings. The Morgan fingerprint density at radius 1 is 0.253 bits per heavy atom. The highest BCUT2D eigenvalue weighted by molar-refractivity contribution is 5.71. The molecule has 0 N–H and O–H groups in total. The van der Waals surface area contributed by atoms with Crippen molar-refractivity contribution < 1.29 is 28.6 Å². The summed E-state index contributed by atoms with van der Waals surface area (Å²) in [6, 6.07) is 0. The molecule has 0 aliphatic heterocycles. The van der Waals surface area contributed by atoms with Crippen LogP contribution in [0.15, 0.2) is 12.2 Å². The van der Waals surface area contributed by atoms with Crippen LogP contribution in [0.4, 0.5) is 0 Å². The zero-order valence-corrected chi connectivity index (χ0v) is 51.1. The number of unbranched alkanes of at least 4 members (excludes halogenated alkanes) is 51. The first-order valence-electron chi connectivity index (χ1n) is 34.2. The summed E-state index contributed by atoms with van der Waals surface area (Å²) >= 11 is 0. The van der Waals surface area contributed by atoms with Gasteiger partial charge in [0.25, 0.3) is 0 Å². The quantitative estimate of drug-likeness (QED) is 0.0261. The standard InChI is InChI=1S/C69H132O6/c1-4-7-10-13-16-19-22-25-28-31-33-34-35-36-37-39-41-44-47-50-53-56-59-62-68(71)74-65-66(64-73-67(70)61-58-55-52-49-46-43-40-30-27-24-21-18-15-12-9-6-3)75-69(72)63-60-57-54-51-48-45-42-38-32-29-26-23-20-17-14-11-8-5-2/h29,32,66H,4-28,30-31,33-65H2,1-3H3/b32-29-. The van der Waals surface area contributed by atoms with Crippen molar-refractivity contribution in [2.45, 2.75) is 399 Å². The first kappa shape index (κ1) is 73.2. The molecule has 0 bridgehead atoms. The van der Waals surface area contributed by atoms with Gasteiger partial charge in [0, 0.05) is 19.3 Å². The summed E-state index contributed by atoms with van der Waals surface area (Å²) in [5.74, 6) is -0.834. The van der Waals surface area contributed by atoms with Gasteiger partial charge in [-0.05, 0) is 44.9 Å². The zero-order chi connectivity index (χ0) is 54.3. The normalized spacial score (nSPS) is 12.0. The topological polar surface area (TPSA) is 78.9 Å². The summed E-state index contributed by atoms with van der Waals surface area (Å²) in [5, 5.41) is 0. The molecule has 6 heteroatoms. The van der Waals surface area contributed by atoms with Crippen molar-refractivity contribution >= 4 is 17.9 Å². The monoisotopic (exact) mass is 1060 g/mol. The molecule has 0 spiro atoms. The lowest BCUT2D eigenvalue weighted by Gasteiger charge is -2.18. The van der Waals surface area contributed by atoms with Crippen molar-refractivity contribution in [1.82, 2.24) is 0 Å². The second-order valence-corrected chi connectivity index (χ2v) is 23.5. The average Bonchev–Trinajstić information content (AvgIpc) is 3.41. The van der Waals surface area contributed by atoms with Crippen LogP contribution in [0, 0.1) is 0 Å². The fourth-order valence-corrected chi connectivity index (χ4v) is 10.6. The molecule has 0 heterocycles. The smallest absolute Gasteiger partial charge is 0.306 e. The van der Waals surface area contributed by atoms with Crippen molar-refractivity contribution in [2.75, 3.05) is 13.2 Å².